The number of carbonyl (C=O) groups excluding carboxylic acids is 1. The summed E-state index contributed by atoms with van der Waals surface area (Å²) in [5.41, 5.74) is 0.841. The second kappa shape index (κ2) is 11.0. The number of rotatable bonds is 11. The van der Waals surface area contributed by atoms with Crippen molar-refractivity contribution in [2.45, 2.75) is 70.1 Å². The van der Waals surface area contributed by atoms with Crippen molar-refractivity contribution in [3.8, 4) is 0 Å². The molecule has 112 valence electrons. The molecule has 0 unspecified atom stereocenters. The molecule has 2 heteroatoms. The van der Waals surface area contributed by atoms with Crippen LogP contribution in [0.1, 0.15) is 75.6 Å². The van der Waals surface area contributed by atoms with E-state index in [4.69, 9.17) is 0 Å². The Bertz CT molecular complexity index is 370. The monoisotopic (exact) mass is 292 g/mol. The smallest absolute Gasteiger partial charge is 0.162 e. The van der Waals surface area contributed by atoms with E-state index in [-0.39, 0.29) is 5.78 Å². The van der Waals surface area contributed by atoms with Crippen LogP contribution >= 0.6 is 11.8 Å². The van der Waals surface area contributed by atoms with E-state index in [1.165, 1.54) is 55.6 Å². The molecule has 0 amide bonds. The number of unbranched alkanes of at least 4 members (excludes halogenated alkanes) is 6. The number of carbonyl (C=O) groups is 1. The molecule has 0 heterocycles. The highest BCUT2D eigenvalue weighted by atomic mass is 32.2. The van der Waals surface area contributed by atoms with Crippen LogP contribution in [0.25, 0.3) is 0 Å². The average Bonchev–Trinajstić information content (AvgIpc) is 2.50. The van der Waals surface area contributed by atoms with Crippen molar-refractivity contribution in [1.82, 2.24) is 0 Å². The number of hydrogen-bond donors (Lipinski definition) is 0. The molecule has 0 atom stereocenters. The Kier molecular flexibility index (Phi) is 9.48. The van der Waals surface area contributed by atoms with E-state index >= 15 is 0 Å². The molecule has 0 saturated heterocycles. The first-order valence-electron chi connectivity index (χ1n) is 8.04. The highest BCUT2D eigenvalue weighted by Gasteiger charge is 2.02. The van der Waals surface area contributed by atoms with Gasteiger partial charge in [0.2, 0.25) is 0 Å². The van der Waals surface area contributed by atoms with Gasteiger partial charge in [0.1, 0.15) is 0 Å². The Morgan fingerprint density at radius 3 is 2.10 bits per heavy atom. The minimum Gasteiger partial charge on any atom is -0.294 e. The van der Waals surface area contributed by atoms with E-state index in [9.17, 15) is 4.79 Å². The second-order valence-electron chi connectivity index (χ2n) is 5.27. The summed E-state index contributed by atoms with van der Waals surface area (Å²) >= 11 is 1.91. The maximum absolute atomic E-state index is 11.5. The van der Waals surface area contributed by atoms with Crippen molar-refractivity contribution in [2.24, 2.45) is 0 Å². The van der Waals surface area contributed by atoms with Crippen molar-refractivity contribution in [1.29, 1.82) is 0 Å². The molecule has 0 aromatic heterocycles. The molecule has 0 fully saturated rings. The molecule has 0 saturated carbocycles. The molecule has 0 radical (unpaired) electrons. The van der Waals surface area contributed by atoms with Crippen molar-refractivity contribution < 1.29 is 4.79 Å². The molecule has 1 aromatic rings. The Labute approximate surface area is 128 Å². The molecular formula is C18H28OS. The first kappa shape index (κ1) is 17.3. The fourth-order valence-electron chi connectivity index (χ4n) is 2.19. The molecule has 1 rings (SSSR count). The van der Waals surface area contributed by atoms with Crippen LogP contribution in [0, 0.1) is 0 Å². The van der Waals surface area contributed by atoms with E-state index in [1.807, 2.05) is 30.8 Å². The standard InChI is InChI=1S/C18H28OS/c1-3-5-6-7-8-9-10-15-20-17-13-11-16(12-14-17)18(19)4-2/h11-14H,3-10,15H2,1-2H3. The van der Waals surface area contributed by atoms with Crippen molar-refractivity contribution in [3.63, 3.8) is 0 Å². The lowest BCUT2D eigenvalue weighted by Gasteiger charge is -2.04. The van der Waals surface area contributed by atoms with Crippen LogP contribution in [0.3, 0.4) is 0 Å². The quantitative estimate of drug-likeness (QED) is 0.277. The lowest BCUT2D eigenvalue weighted by atomic mass is 10.1. The van der Waals surface area contributed by atoms with Gasteiger partial charge in [-0.2, -0.15) is 0 Å². The zero-order valence-electron chi connectivity index (χ0n) is 13.0. The number of Topliss-reactive ketones (excluding diaryl/α,β-unsaturated/α-hetero) is 1. The SMILES string of the molecule is CCCCCCCCCSc1ccc(C(=O)CC)cc1. The average molecular weight is 292 g/mol. The van der Waals surface area contributed by atoms with Crippen LogP contribution in [0.2, 0.25) is 0 Å². The third kappa shape index (κ3) is 7.14. The number of ketones is 1. The van der Waals surface area contributed by atoms with Crippen LogP contribution in [0.4, 0.5) is 0 Å². The van der Waals surface area contributed by atoms with Gasteiger partial charge in [-0.25, -0.2) is 0 Å². The van der Waals surface area contributed by atoms with Gasteiger partial charge in [-0.15, -0.1) is 11.8 Å². The largest absolute Gasteiger partial charge is 0.294 e. The lowest BCUT2D eigenvalue weighted by molar-refractivity contribution is 0.0988. The van der Waals surface area contributed by atoms with E-state index < -0.39 is 0 Å². The third-order valence-corrected chi connectivity index (χ3v) is 4.61. The normalized spacial score (nSPS) is 10.7. The molecule has 0 aliphatic carbocycles. The molecule has 0 aliphatic rings. The second-order valence-corrected chi connectivity index (χ2v) is 6.44. The van der Waals surface area contributed by atoms with Crippen LogP contribution in [0.5, 0.6) is 0 Å². The summed E-state index contributed by atoms with van der Waals surface area (Å²) in [6.45, 7) is 4.17. The zero-order chi connectivity index (χ0) is 14.6. The van der Waals surface area contributed by atoms with Crippen LogP contribution in [0.15, 0.2) is 29.2 Å². The van der Waals surface area contributed by atoms with Gasteiger partial charge >= 0.3 is 0 Å². The van der Waals surface area contributed by atoms with Crippen molar-refractivity contribution >= 4 is 17.5 Å². The number of hydrogen-bond acceptors (Lipinski definition) is 2. The summed E-state index contributed by atoms with van der Waals surface area (Å²) in [4.78, 5) is 12.8. The summed E-state index contributed by atoms with van der Waals surface area (Å²) in [5, 5.41) is 0. The van der Waals surface area contributed by atoms with Gasteiger partial charge < -0.3 is 0 Å². The summed E-state index contributed by atoms with van der Waals surface area (Å²) < 4.78 is 0. The predicted octanol–water partition coefficient (Wildman–Crippen LogP) is 6.12. The highest BCUT2D eigenvalue weighted by molar-refractivity contribution is 7.99. The Morgan fingerprint density at radius 2 is 1.50 bits per heavy atom. The lowest BCUT2D eigenvalue weighted by Crippen LogP contribution is -1.95. The fourth-order valence-corrected chi connectivity index (χ4v) is 3.10. The maximum atomic E-state index is 11.5. The predicted molar refractivity (Wildman–Crippen MR) is 89.8 cm³/mol. The van der Waals surface area contributed by atoms with Crippen LogP contribution in [-0.4, -0.2) is 11.5 Å². The van der Waals surface area contributed by atoms with Gasteiger partial charge in [-0.05, 0) is 24.3 Å². The molecule has 0 bridgehead atoms. The third-order valence-electron chi connectivity index (χ3n) is 3.51. The molecule has 0 N–H and O–H groups in total. The van der Waals surface area contributed by atoms with Gasteiger partial charge in [-0.1, -0.05) is 64.5 Å². The first-order valence-corrected chi connectivity index (χ1v) is 9.02. The first-order chi connectivity index (χ1) is 9.77. The fraction of sp³-hybridized carbons (Fsp3) is 0.611. The van der Waals surface area contributed by atoms with Crippen LogP contribution < -0.4 is 0 Å². The molecule has 0 aliphatic heterocycles. The van der Waals surface area contributed by atoms with Crippen molar-refractivity contribution in [2.75, 3.05) is 5.75 Å². The number of benzene rings is 1. The van der Waals surface area contributed by atoms with Gasteiger partial charge in [0.05, 0.1) is 0 Å². The molecular weight excluding hydrogens is 264 g/mol. The van der Waals surface area contributed by atoms with Gasteiger partial charge in [0.15, 0.2) is 5.78 Å². The maximum Gasteiger partial charge on any atom is 0.162 e. The summed E-state index contributed by atoms with van der Waals surface area (Å²) in [7, 11) is 0. The van der Waals surface area contributed by atoms with E-state index in [0.29, 0.717) is 6.42 Å². The van der Waals surface area contributed by atoms with E-state index in [0.717, 1.165) is 5.56 Å². The highest BCUT2D eigenvalue weighted by Crippen LogP contribution is 2.21. The summed E-state index contributed by atoms with van der Waals surface area (Å²) in [6.07, 6.45) is 10.1. The molecule has 0 spiro atoms. The van der Waals surface area contributed by atoms with Gasteiger partial charge in [-0.3, -0.25) is 4.79 Å². The Morgan fingerprint density at radius 1 is 0.900 bits per heavy atom. The van der Waals surface area contributed by atoms with Crippen molar-refractivity contribution in [3.05, 3.63) is 29.8 Å². The zero-order valence-corrected chi connectivity index (χ0v) is 13.8. The molecule has 1 nitrogen and oxygen atoms in total. The van der Waals surface area contributed by atoms with Gasteiger partial charge in [0.25, 0.3) is 0 Å². The summed E-state index contributed by atoms with van der Waals surface area (Å²) in [5.74, 6) is 1.42. The Hall–Kier alpha value is -0.760. The van der Waals surface area contributed by atoms with Crippen LogP contribution in [-0.2, 0) is 0 Å². The Balaban J connectivity index is 2.11. The van der Waals surface area contributed by atoms with E-state index in [1.54, 1.807) is 0 Å². The molecule has 20 heavy (non-hydrogen) atoms. The topological polar surface area (TPSA) is 17.1 Å². The summed E-state index contributed by atoms with van der Waals surface area (Å²) in [6, 6.07) is 8.07. The molecule has 1 aromatic carbocycles. The minimum atomic E-state index is 0.230. The van der Waals surface area contributed by atoms with Gasteiger partial charge in [0, 0.05) is 16.9 Å². The number of thioether (sulfide) groups is 1. The van der Waals surface area contributed by atoms with E-state index in [2.05, 4.69) is 19.1 Å². The minimum absolute atomic E-state index is 0.230.